The van der Waals surface area contributed by atoms with Gasteiger partial charge in [0, 0.05) is 11.1 Å². The molecule has 0 saturated heterocycles. The second kappa shape index (κ2) is 6.88. The maximum absolute atomic E-state index is 12.4. The van der Waals surface area contributed by atoms with Gasteiger partial charge < -0.3 is 16.2 Å². The highest BCUT2D eigenvalue weighted by molar-refractivity contribution is 6.06. The van der Waals surface area contributed by atoms with Crippen LogP contribution in [-0.2, 0) is 0 Å². The molecule has 5 nitrogen and oxygen atoms in total. The normalized spacial score (nSPS) is 10.2. The summed E-state index contributed by atoms with van der Waals surface area (Å²) in [5.74, 6) is -1.17. The van der Waals surface area contributed by atoms with E-state index in [1.165, 1.54) is 18.2 Å². The van der Waals surface area contributed by atoms with Crippen molar-refractivity contribution in [3.63, 3.8) is 0 Å². The van der Waals surface area contributed by atoms with Gasteiger partial charge in [0.2, 0.25) is 5.91 Å². The van der Waals surface area contributed by atoms with Crippen molar-refractivity contribution >= 4 is 17.5 Å². The average molecular weight is 332 g/mol. The van der Waals surface area contributed by atoms with Gasteiger partial charge in [-0.2, -0.15) is 0 Å². The molecule has 3 aromatic carbocycles. The number of carbonyl (C=O) groups is 2. The Labute approximate surface area is 144 Å². The first-order chi connectivity index (χ1) is 12.0. The highest BCUT2D eigenvalue weighted by Crippen LogP contribution is 2.25. The number of phenolic OH excluding ortho intramolecular Hbond substituents is 1. The molecule has 0 saturated carbocycles. The van der Waals surface area contributed by atoms with E-state index in [0.717, 1.165) is 11.1 Å². The molecule has 0 heterocycles. The van der Waals surface area contributed by atoms with E-state index in [9.17, 15) is 14.7 Å². The van der Waals surface area contributed by atoms with Gasteiger partial charge in [0.25, 0.3) is 5.91 Å². The molecule has 0 radical (unpaired) electrons. The molecular weight excluding hydrogens is 316 g/mol. The fraction of sp³-hybridized carbons (Fsp3) is 0. The Kier molecular flexibility index (Phi) is 4.48. The molecule has 5 heteroatoms. The zero-order chi connectivity index (χ0) is 17.8. The van der Waals surface area contributed by atoms with Crippen molar-refractivity contribution in [2.75, 3.05) is 5.32 Å². The Morgan fingerprint density at radius 3 is 2.04 bits per heavy atom. The van der Waals surface area contributed by atoms with E-state index in [4.69, 9.17) is 5.73 Å². The molecular formula is C20H16N2O3. The smallest absolute Gasteiger partial charge is 0.255 e. The number of anilines is 1. The Balaban J connectivity index is 1.80. The monoisotopic (exact) mass is 332 g/mol. The van der Waals surface area contributed by atoms with Crippen molar-refractivity contribution in [2.45, 2.75) is 0 Å². The zero-order valence-corrected chi connectivity index (χ0v) is 13.3. The van der Waals surface area contributed by atoms with Crippen molar-refractivity contribution in [1.82, 2.24) is 0 Å². The second-order valence-corrected chi connectivity index (χ2v) is 5.49. The lowest BCUT2D eigenvalue weighted by Crippen LogP contribution is -2.14. The SMILES string of the molecule is NC(=O)c1ccc(O)c(NC(=O)c2ccc(-c3ccccc3)cc2)c1. The van der Waals surface area contributed by atoms with E-state index in [-0.39, 0.29) is 17.0 Å². The van der Waals surface area contributed by atoms with Gasteiger partial charge in [0.15, 0.2) is 0 Å². The molecule has 2 amide bonds. The summed E-state index contributed by atoms with van der Waals surface area (Å²) in [6.07, 6.45) is 0. The Hall–Kier alpha value is -3.60. The molecule has 0 spiro atoms. The van der Waals surface area contributed by atoms with Crippen LogP contribution in [0.5, 0.6) is 5.75 Å². The summed E-state index contributed by atoms with van der Waals surface area (Å²) in [7, 11) is 0. The van der Waals surface area contributed by atoms with Gasteiger partial charge in [-0.25, -0.2) is 0 Å². The van der Waals surface area contributed by atoms with E-state index in [0.29, 0.717) is 5.56 Å². The van der Waals surface area contributed by atoms with E-state index >= 15 is 0 Å². The van der Waals surface area contributed by atoms with E-state index < -0.39 is 11.8 Å². The molecule has 3 aromatic rings. The largest absolute Gasteiger partial charge is 0.506 e. The van der Waals surface area contributed by atoms with Crippen molar-refractivity contribution < 1.29 is 14.7 Å². The number of primary amides is 1. The Morgan fingerprint density at radius 2 is 1.40 bits per heavy atom. The number of nitrogens with one attached hydrogen (secondary N) is 1. The van der Waals surface area contributed by atoms with Gasteiger partial charge in [-0.15, -0.1) is 0 Å². The van der Waals surface area contributed by atoms with Gasteiger partial charge in [0.05, 0.1) is 5.69 Å². The maximum atomic E-state index is 12.4. The fourth-order valence-corrected chi connectivity index (χ4v) is 2.43. The molecule has 0 unspecified atom stereocenters. The summed E-state index contributed by atoms with van der Waals surface area (Å²) < 4.78 is 0. The number of amides is 2. The first-order valence-corrected chi connectivity index (χ1v) is 7.64. The summed E-state index contributed by atoms with van der Waals surface area (Å²) >= 11 is 0. The highest BCUT2D eigenvalue weighted by atomic mass is 16.3. The minimum absolute atomic E-state index is 0.133. The second-order valence-electron chi connectivity index (χ2n) is 5.49. The molecule has 0 bridgehead atoms. The van der Waals surface area contributed by atoms with Gasteiger partial charge in [-0.3, -0.25) is 9.59 Å². The minimum Gasteiger partial charge on any atom is -0.506 e. The number of phenols is 1. The molecule has 0 aliphatic heterocycles. The van der Waals surface area contributed by atoms with Gasteiger partial charge in [0.1, 0.15) is 5.75 Å². The van der Waals surface area contributed by atoms with Crippen LogP contribution in [-0.4, -0.2) is 16.9 Å². The molecule has 0 aliphatic rings. The van der Waals surface area contributed by atoms with Gasteiger partial charge >= 0.3 is 0 Å². The van der Waals surface area contributed by atoms with Crippen LogP contribution < -0.4 is 11.1 Å². The van der Waals surface area contributed by atoms with Gasteiger partial charge in [-0.05, 0) is 41.5 Å². The molecule has 0 atom stereocenters. The van der Waals surface area contributed by atoms with Crippen LogP contribution in [0.2, 0.25) is 0 Å². The van der Waals surface area contributed by atoms with E-state index in [1.54, 1.807) is 12.1 Å². The van der Waals surface area contributed by atoms with Crippen molar-refractivity contribution in [3.8, 4) is 16.9 Å². The number of carbonyl (C=O) groups excluding carboxylic acids is 2. The topological polar surface area (TPSA) is 92.4 Å². The number of hydrogen-bond donors (Lipinski definition) is 3. The lowest BCUT2D eigenvalue weighted by atomic mass is 10.0. The first-order valence-electron chi connectivity index (χ1n) is 7.64. The van der Waals surface area contributed by atoms with E-state index in [2.05, 4.69) is 5.32 Å². The number of nitrogens with two attached hydrogens (primary N) is 1. The third-order valence-corrected chi connectivity index (χ3v) is 3.78. The van der Waals surface area contributed by atoms with Crippen LogP contribution >= 0.6 is 0 Å². The predicted octanol–water partition coefficient (Wildman–Crippen LogP) is 3.41. The van der Waals surface area contributed by atoms with Crippen molar-refractivity contribution in [2.24, 2.45) is 5.73 Å². The fourth-order valence-electron chi connectivity index (χ4n) is 2.43. The number of rotatable bonds is 4. The van der Waals surface area contributed by atoms with E-state index in [1.807, 2.05) is 42.5 Å². The zero-order valence-electron chi connectivity index (χ0n) is 13.3. The maximum Gasteiger partial charge on any atom is 0.255 e. The summed E-state index contributed by atoms with van der Waals surface area (Å²) in [5.41, 5.74) is 8.03. The first kappa shape index (κ1) is 16.3. The van der Waals surface area contributed by atoms with Gasteiger partial charge in [-0.1, -0.05) is 42.5 Å². The van der Waals surface area contributed by atoms with Crippen molar-refractivity contribution in [1.29, 1.82) is 0 Å². The molecule has 3 rings (SSSR count). The molecule has 124 valence electrons. The van der Waals surface area contributed by atoms with Crippen LogP contribution in [0.3, 0.4) is 0 Å². The summed E-state index contributed by atoms with van der Waals surface area (Å²) in [6, 6.07) is 21.0. The third kappa shape index (κ3) is 3.67. The average Bonchev–Trinajstić information content (AvgIpc) is 2.64. The lowest BCUT2D eigenvalue weighted by Gasteiger charge is -2.09. The molecule has 0 aliphatic carbocycles. The highest BCUT2D eigenvalue weighted by Gasteiger charge is 2.11. The van der Waals surface area contributed by atoms with Crippen LogP contribution in [0.1, 0.15) is 20.7 Å². The van der Waals surface area contributed by atoms with Crippen LogP contribution in [0.15, 0.2) is 72.8 Å². The molecule has 0 aromatic heterocycles. The Morgan fingerprint density at radius 1 is 0.800 bits per heavy atom. The minimum atomic E-state index is -0.636. The lowest BCUT2D eigenvalue weighted by molar-refractivity contribution is 0.0996. The van der Waals surface area contributed by atoms with Crippen molar-refractivity contribution in [3.05, 3.63) is 83.9 Å². The predicted molar refractivity (Wildman–Crippen MR) is 96.5 cm³/mol. The number of benzene rings is 3. The quantitative estimate of drug-likeness (QED) is 0.639. The van der Waals surface area contributed by atoms with Crippen LogP contribution in [0.25, 0.3) is 11.1 Å². The Bertz CT molecular complexity index is 919. The molecule has 4 N–H and O–H groups in total. The summed E-state index contributed by atoms with van der Waals surface area (Å²) in [6.45, 7) is 0. The third-order valence-electron chi connectivity index (χ3n) is 3.78. The molecule has 25 heavy (non-hydrogen) atoms. The summed E-state index contributed by atoms with van der Waals surface area (Å²) in [5, 5.41) is 12.4. The number of aromatic hydroxyl groups is 1. The van der Waals surface area contributed by atoms with Crippen LogP contribution in [0.4, 0.5) is 5.69 Å². The van der Waals surface area contributed by atoms with Crippen LogP contribution in [0, 0.1) is 0 Å². The number of hydrogen-bond acceptors (Lipinski definition) is 3. The molecule has 0 fully saturated rings. The summed E-state index contributed by atoms with van der Waals surface area (Å²) in [4.78, 5) is 23.6. The standard InChI is InChI=1S/C20H16N2O3/c21-19(24)16-10-11-18(23)17(12-16)22-20(25)15-8-6-14(7-9-15)13-4-2-1-3-5-13/h1-12,23H,(H2,21,24)(H,22,25).